The van der Waals surface area contributed by atoms with Gasteiger partial charge in [-0.25, -0.2) is 9.48 Å². The van der Waals surface area contributed by atoms with Crippen LogP contribution in [0.1, 0.15) is 170 Å². The summed E-state index contributed by atoms with van der Waals surface area (Å²) in [6.07, 6.45) is 26.9. The Bertz CT molecular complexity index is 2380. The molecule has 4 amide bonds. The summed E-state index contributed by atoms with van der Waals surface area (Å²) in [6, 6.07) is 0. The summed E-state index contributed by atoms with van der Waals surface area (Å²) in [5, 5.41) is 32.6. The number of nitrogens with one attached hydrogen (secondary N) is 1. The van der Waals surface area contributed by atoms with Gasteiger partial charge in [-0.3, -0.25) is 24.1 Å². The third kappa shape index (κ3) is 19.0. The lowest BCUT2D eigenvalue weighted by molar-refractivity contribution is -0.157. The maximum absolute atomic E-state index is 13.7. The molecule has 2 heterocycles. The van der Waals surface area contributed by atoms with Crippen LogP contribution >= 0.6 is 0 Å². The lowest BCUT2D eigenvalue weighted by atomic mass is 9.61. The lowest BCUT2D eigenvalue weighted by Gasteiger charge is -2.44. The number of aliphatic hydroxyl groups excluding tert-OH is 1. The molecule has 10 atom stereocenters. The molecular formula is C64H100N6O12. The summed E-state index contributed by atoms with van der Waals surface area (Å²) in [5.74, 6) is 0.780. The molecule has 1 aromatic heterocycles. The molecule has 0 radical (unpaired) electrons. The zero-order chi connectivity index (χ0) is 59.0. The fourth-order valence-corrected chi connectivity index (χ4v) is 14.0. The van der Waals surface area contributed by atoms with Crippen LogP contribution < -0.4 is 5.32 Å². The van der Waals surface area contributed by atoms with E-state index in [-0.39, 0.29) is 98.0 Å². The predicted molar refractivity (Wildman–Crippen MR) is 311 cm³/mol. The first-order valence-electron chi connectivity index (χ1n) is 31.1. The van der Waals surface area contributed by atoms with Gasteiger partial charge < -0.3 is 44.1 Å². The number of allylic oxidation sites excluding steroid dienone is 6. The molecule has 3 unspecified atom stereocenters. The number of unbranched alkanes of at least 4 members (excludes halogenated alkanes) is 3. The van der Waals surface area contributed by atoms with Crippen LogP contribution in [0.25, 0.3) is 0 Å². The number of hydrogen-bond acceptors (Lipinski definition) is 14. The number of rotatable bonds is 34. The van der Waals surface area contributed by atoms with Crippen LogP contribution in [0, 0.1) is 46.8 Å². The summed E-state index contributed by atoms with van der Waals surface area (Å²) >= 11 is 0. The van der Waals surface area contributed by atoms with Crippen molar-refractivity contribution in [3.8, 4) is 0 Å². The van der Waals surface area contributed by atoms with Crippen molar-refractivity contribution in [3.63, 3.8) is 0 Å². The molecule has 2 bridgehead atoms. The highest BCUT2D eigenvalue weighted by molar-refractivity contribution is 6.06. The Morgan fingerprint density at radius 2 is 1.59 bits per heavy atom. The highest BCUT2D eigenvalue weighted by Gasteiger charge is 2.59. The van der Waals surface area contributed by atoms with Crippen LogP contribution in [0.5, 0.6) is 0 Å². The second-order valence-corrected chi connectivity index (χ2v) is 26.3. The molecule has 7 rings (SSSR count). The van der Waals surface area contributed by atoms with Gasteiger partial charge in [0.25, 0.3) is 0 Å². The van der Waals surface area contributed by atoms with Crippen molar-refractivity contribution in [3.05, 3.63) is 59.5 Å². The number of fused-ring (bicyclic) bond motifs is 6. The topological polar surface area (TPSA) is 221 Å². The number of imide groups is 1. The van der Waals surface area contributed by atoms with E-state index in [0.717, 1.165) is 31.3 Å². The molecule has 1 aliphatic heterocycles. The Balaban J connectivity index is 0.764. The zero-order valence-corrected chi connectivity index (χ0v) is 50.8. The van der Waals surface area contributed by atoms with Crippen LogP contribution in [0.3, 0.4) is 0 Å². The first-order valence-corrected chi connectivity index (χ1v) is 31.1. The molecule has 6 aliphatic rings. The molecule has 458 valence electrons. The number of aromatic nitrogens is 3. The van der Waals surface area contributed by atoms with E-state index >= 15 is 0 Å². The SMILES string of the molecule is CC(C)OCCC(C)(C)NC(=O)CCC(=O)N(CCCCCCN1C(=O)[C@@H]2C3C=CC(C3)[C@@H]2C1=O)Cc1cn(CCOCCOCCOCC(=O)O[C@@H]2C/C(=C/C=C3\CCC[C@@]4(C)C3CC[C@@H]4[C@H](C)/C=C/CC(C)(C)O)C[C@@H](O)C2)nn1. The summed E-state index contributed by atoms with van der Waals surface area (Å²) in [4.78, 5) is 69.0. The fraction of sp³-hybridized carbons (Fsp3) is 0.766. The van der Waals surface area contributed by atoms with Gasteiger partial charge in [0.2, 0.25) is 23.6 Å². The third-order valence-corrected chi connectivity index (χ3v) is 18.1. The summed E-state index contributed by atoms with van der Waals surface area (Å²) in [5.41, 5.74) is 2.27. The number of esters is 1. The van der Waals surface area contributed by atoms with Gasteiger partial charge in [0.15, 0.2) is 0 Å². The maximum atomic E-state index is 13.7. The van der Waals surface area contributed by atoms with E-state index in [1.54, 1.807) is 15.8 Å². The smallest absolute Gasteiger partial charge is 0.332 e. The largest absolute Gasteiger partial charge is 0.460 e. The minimum atomic E-state index is -0.697. The Labute approximate surface area is 488 Å². The molecular weight excluding hydrogens is 1040 g/mol. The highest BCUT2D eigenvalue weighted by atomic mass is 16.6. The summed E-state index contributed by atoms with van der Waals surface area (Å²) < 4.78 is 30.1. The molecule has 1 saturated heterocycles. The molecule has 5 aliphatic carbocycles. The second kappa shape index (κ2) is 30.5. The Hall–Kier alpha value is -4.59. The predicted octanol–water partition coefficient (Wildman–Crippen LogP) is 8.39. The van der Waals surface area contributed by atoms with Gasteiger partial charge in [-0.15, -0.1) is 5.10 Å². The van der Waals surface area contributed by atoms with Crippen LogP contribution in [0.15, 0.2) is 53.8 Å². The molecule has 82 heavy (non-hydrogen) atoms. The van der Waals surface area contributed by atoms with Crippen molar-refractivity contribution in [1.82, 2.24) is 30.1 Å². The van der Waals surface area contributed by atoms with E-state index < -0.39 is 29.3 Å². The van der Waals surface area contributed by atoms with Gasteiger partial charge >= 0.3 is 5.97 Å². The standard InChI is InChI=1S/C64H100N6O12/c1-44(2)81-31-27-62(4,5)65-55(72)23-24-56(73)68(28-11-9-10-12-29-70-60(75)58-48-19-20-49(39-48)59(58)61(70)76)41-50-42-69(67-66-50)30-32-78-33-34-79-35-36-80-43-57(74)82-52-38-46(37-51(71)40-52)17-18-47-16-14-26-64(8)53(21-22-54(47)64)45(3)15-13-25-63(6,7)77/h13,15,17-20,42,44-45,48-49,51-54,58-59,71,77H,9-12,14,16,21-41,43H2,1-8H3,(H,65,72)/b15-13+,46-17+,47-18+/t45-,48?,49?,51-,52-,53-,54?,58-,59+,64-/m1/s1. The minimum absolute atomic E-state index is 0.0152. The van der Waals surface area contributed by atoms with Crippen LogP contribution in [-0.2, 0) is 60.7 Å². The number of aliphatic hydroxyl groups is 2. The van der Waals surface area contributed by atoms with E-state index in [9.17, 15) is 34.2 Å². The quantitative estimate of drug-likeness (QED) is 0.0255. The van der Waals surface area contributed by atoms with Crippen molar-refractivity contribution >= 4 is 29.6 Å². The first-order chi connectivity index (χ1) is 39.1. The van der Waals surface area contributed by atoms with Gasteiger partial charge in [-0.2, -0.15) is 0 Å². The Morgan fingerprint density at radius 3 is 2.30 bits per heavy atom. The van der Waals surface area contributed by atoms with Crippen LogP contribution in [-0.4, -0.2) is 153 Å². The zero-order valence-electron chi connectivity index (χ0n) is 50.8. The third-order valence-electron chi connectivity index (χ3n) is 18.1. The monoisotopic (exact) mass is 1140 g/mol. The second-order valence-electron chi connectivity index (χ2n) is 26.3. The lowest BCUT2D eigenvalue weighted by Crippen LogP contribution is -2.44. The van der Waals surface area contributed by atoms with E-state index in [1.165, 1.54) is 36.2 Å². The number of nitrogens with zero attached hydrogens (tertiary/aromatic N) is 5. The van der Waals surface area contributed by atoms with Gasteiger partial charge in [0, 0.05) is 50.9 Å². The van der Waals surface area contributed by atoms with Crippen molar-refractivity contribution in [2.45, 2.75) is 207 Å². The average Bonchev–Trinajstić information content (AvgIpc) is 3.88. The molecule has 18 nitrogen and oxygen atoms in total. The van der Waals surface area contributed by atoms with E-state index in [2.05, 4.69) is 65.9 Å². The van der Waals surface area contributed by atoms with Crippen LogP contribution in [0.2, 0.25) is 0 Å². The van der Waals surface area contributed by atoms with Crippen molar-refractivity contribution in [2.75, 3.05) is 59.3 Å². The van der Waals surface area contributed by atoms with E-state index in [4.69, 9.17) is 23.7 Å². The fourth-order valence-electron chi connectivity index (χ4n) is 14.0. The normalized spacial score (nSPS) is 27.6. The van der Waals surface area contributed by atoms with Gasteiger partial charge in [-0.1, -0.05) is 79.5 Å². The molecule has 0 spiro atoms. The van der Waals surface area contributed by atoms with Gasteiger partial charge in [0.1, 0.15) is 18.4 Å². The highest BCUT2D eigenvalue weighted by Crippen LogP contribution is 2.60. The number of ether oxygens (including phenoxy) is 5. The van der Waals surface area contributed by atoms with E-state index in [0.29, 0.717) is 114 Å². The van der Waals surface area contributed by atoms with Crippen LogP contribution in [0.4, 0.5) is 0 Å². The molecule has 1 aromatic rings. The number of likely N-dealkylation sites (tertiary alicyclic amines) is 1. The Morgan fingerprint density at radius 1 is 0.878 bits per heavy atom. The number of carbonyl (C=O) groups is 5. The Kier molecular flexibility index (Phi) is 24.1. The van der Waals surface area contributed by atoms with E-state index in [1.807, 2.05) is 41.5 Å². The van der Waals surface area contributed by atoms with Gasteiger partial charge in [-0.05, 0) is 147 Å². The number of amides is 4. The van der Waals surface area contributed by atoms with Crippen molar-refractivity contribution in [1.29, 1.82) is 0 Å². The molecule has 3 N–H and O–H groups in total. The average molecular weight is 1150 g/mol. The van der Waals surface area contributed by atoms with Crippen molar-refractivity contribution < 1.29 is 57.9 Å². The number of carbonyl (C=O) groups excluding carboxylic acids is 5. The summed E-state index contributed by atoms with van der Waals surface area (Å²) in [7, 11) is 0. The van der Waals surface area contributed by atoms with Gasteiger partial charge in [0.05, 0.1) is 82.0 Å². The maximum Gasteiger partial charge on any atom is 0.332 e. The molecule has 5 fully saturated rings. The minimum Gasteiger partial charge on any atom is -0.460 e. The summed E-state index contributed by atoms with van der Waals surface area (Å²) in [6.45, 7) is 19.7. The number of hydrogen-bond donors (Lipinski definition) is 3. The van der Waals surface area contributed by atoms with Crippen molar-refractivity contribution in [2.24, 2.45) is 46.8 Å². The molecule has 4 saturated carbocycles. The molecule has 0 aromatic carbocycles. The first kappa shape index (κ1) is 65.0. The molecule has 18 heteroatoms.